The molecule has 3 aromatic rings. The molecule has 1 atom stereocenters. The average Bonchev–Trinajstić information content (AvgIpc) is 3.06. The Morgan fingerprint density at radius 3 is 2.65 bits per heavy atom. The van der Waals surface area contributed by atoms with Crippen molar-refractivity contribution in [3.63, 3.8) is 0 Å². The van der Waals surface area contributed by atoms with Crippen LogP contribution in [0.15, 0.2) is 64.0 Å². The first-order valence-electron chi connectivity index (χ1n) is 8.10. The lowest BCUT2D eigenvalue weighted by Crippen LogP contribution is -2.23. The number of fused-ring (bicyclic) bond motifs is 1. The number of anilines is 1. The summed E-state index contributed by atoms with van der Waals surface area (Å²) < 4.78 is 26.1. The number of benzene rings is 1. The number of carbonyl (C=O) groups is 1. The fourth-order valence-electron chi connectivity index (χ4n) is 3.10. The molecule has 5 nitrogen and oxygen atoms in total. The molecular formula is C19H16N2O3S2. The molecule has 26 heavy (non-hydrogen) atoms. The third kappa shape index (κ3) is 2.83. The van der Waals surface area contributed by atoms with Crippen LogP contribution >= 0.6 is 11.3 Å². The molecule has 1 amide bonds. The molecule has 0 saturated carbocycles. The van der Waals surface area contributed by atoms with E-state index in [0.717, 1.165) is 16.0 Å². The van der Waals surface area contributed by atoms with E-state index in [1.54, 1.807) is 42.0 Å². The van der Waals surface area contributed by atoms with Gasteiger partial charge in [-0.05, 0) is 30.7 Å². The number of pyridine rings is 1. The maximum Gasteiger partial charge on any atom is 0.225 e. The van der Waals surface area contributed by atoms with Gasteiger partial charge in [0.15, 0.2) is 0 Å². The van der Waals surface area contributed by atoms with E-state index in [2.05, 4.69) is 10.3 Å². The van der Waals surface area contributed by atoms with Crippen molar-refractivity contribution >= 4 is 32.8 Å². The Balaban J connectivity index is 1.83. The topological polar surface area (TPSA) is 76.1 Å². The van der Waals surface area contributed by atoms with E-state index < -0.39 is 9.84 Å². The highest BCUT2D eigenvalue weighted by Crippen LogP contribution is 2.45. The zero-order valence-corrected chi connectivity index (χ0v) is 15.6. The first-order valence-corrected chi connectivity index (χ1v) is 10.5. The zero-order chi connectivity index (χ0) is 18.3. The van der Waals surface area contributed by atoms with Crippen molar-refractivity contribution in [2.75, 3.05) is 5.32 Å². The second-order valence-electron chi connectivity index (χ2n) is 6.25. The molecule has 1 aromatic carbocycles. The van der Waals surface area contributed by atoms with Gasteiger partial charge in [-0.1, -0.05) is 23.8 Å². The maximum atomic E-state index is 13.1. The molecule has 0 bridgehead atoms. The number of sulfone groups is 1. The Morgan fingerprint density at radius 2 is 1.96 bits per heavy atom. The number of thiophene rings is 1. The van der Waals surface area contributed by atoms with E-state index in [9.17, 15) is 13.2 Å². The van der Waals surface area contributed by atoms with E-state index in [1.165, 1.54) is 11.3 Å². The van der Waals surface area contributed by atoms with Crippen molar-refractivity contribution < 1.29 is 13.2 Å². The Morgan fingerprint density at radius 1 is 1.19 bits per heavy atom. The van der Waals surface area contributed by atoms with Crippen LogP contribution in [-0.2, 0) is 14.6 Å². The number of nitrogens with zero attached hydrogens (tertiary/aromatic N) is 1. The summed E-state index contributed by atoms with van der Waals surface area (Å²) in [6.45, 7) is 1.90. The third-order valence-corrected chi connectivity index (χ3v) is 7.50. The Bertz CT molecular complexity index is 1070. The van der Waals surface area contributed by atoms with Crippen molar-refractivity contribution in [2.24, 2.45) is 0 Å². The van der Waals surface area contributed by atoms with E-state index in [-0.39, 0.29) is 28.0 Å². The van der Waals surface area contributed by atoms with E-state index in [0.29, 0.717) is 5.69 Å². The minimum absolute atomic E-state index is 0.156. The summed E-state index contributed by atoms with van der Waals surface area (Å²) in [5.41, 5.74) is 2.30. The van der Waals surface area contributed by atoms with Crippen LogP contribution < -0.4 is 5.32 Å². The number of aryl methyl sites for hydroxylation is 1. The molecule has 132 valence electrons. The fraction of sp³-hybridized carbons (Fsp3) is 0.158. The van der Waals surface area contributed by atoms with E-state index in [1.807, 2.05) is 19.1 Å². The molecule has 0 fully saturated rings. The van der Waals surface area contributed by atoms with Crippen LogP contribution in [0.4, 0.5) is 5.69 Å². The third-order valence-electron chi connectivity index (χ3n) is 4.46. The van der Waals surface area contributed by atoms with Crippen molar-refractivity contribution in [3.8, 4) is 0 Å². The lowest BCUT2D eigenvalue weighted by Gasteiger charge is -2.23. The number of nitrogens with one attached hydrogen (secondary N) is 1. The zero-order valence-electron chi connectivity index (χ0n) is 14.0. The van der Waals surface area contributed by atoms with Gasteiger partial charge in [-0.3, -0.25) is 9.78 Å². The van der Waals surface area contributed by atoms with Crippen molar-refractivity contribution in [2.45, 2.75) is 29.1 Å². The molecule has 1 N–H and O–H groups in total. The normalized spacial score (nSPS) is 16.8. The fourth-order valence-corrected chi connectivity index (χ4v) is 6.01. The van der Waals surface area contributed by atoms with Gasteiger partial charge in [0.2, 0.25) is 15.7 Å². The quantitative estimate of drug-likeness (QED) is 0.746. The average molecular weight is 384 g/mol. The summed E-state index contributed by atoms with van der Waals surface area (Å²) in [5, 5.41) is 4.39. The van der Waals surface area contributed by atoms with Crippen LogP contribution in [0.2, 0.25) is 0 Å². The van der Waals surface area contributed by atoms with Crippen LogP contribution in [0.3, 0.4) is 0 Å². The molecular weight excluding hydrogens is 368 g/mol. The molecule has 1 aliphatic rings. The van der Waals surface area contributed by atoms with Crippen molar-refractivity contribution in [1.82, 2.24) is 4.98 Å². The molecule has 2 aromatic heterocycles. The molecule has 0 saturated heterocycles. The maximum absolute atomic E-state index is 13.1. The Hall–Kier alpha value is -2.51. The van der Waals surface area contributed by atoms with Crippen LogP contribution in [0.5, 0.6) is 0 Å². The van der Waals surface area contributed by atoms with Crippen LogP contribution in [0.25, 0.3) is 0 Å². The van der Waals surface area contributed by atoms with Gasteiger partial charge in [0.25, 0.3) is 0 Å². The van der Waals surface area contributed by atoms with Crippen LogP contribution in [0, 0.1) is 6.92 Å². The predicted molar refractivity (Wildman–Crippen MR) is 100 cm³/mol. The minimum atomic E-state index is -3.70. The first kappa shape index (κ1) is 16.9. The lowest BCUT2D eigenvalue weighted by molar-refractivity contribution is -0.116. The van der Waals surface area contributed by atoms with E-state index in [4.69, 9.17) is 0 Å². The number of aromatic nitrogens is 1. The predicted octanol–water partition coefficient (Wildman–Crippen LogP) is 3.76. The second-order valence-corrected chi connectivity index (χ2v) is 9.08. The van der Waals surface area contributed by atoms with E-state index >= 15 is 0 Å². The number of hydrogen-bond donors (Lipinski definition) is 1. The highest BCUT2D eigenvalue weighted by molar-refractivity contribution is 7.91. The molecule has 1 aliphatic heterocycles. The van der Waals surface area contributed by atoms with Gasteiger partial charge < -0.3 is 5.32 Å². The number of carbonyl (C=O) groups excluding carboxylic acids is 1. The molecule has 0 aliphatic carbocycles. The van der Waals surface area contributed by atoms with Gasteiger partial charge in [-0.15, -0.1) is 11.3 Å². The smallest absolute Gasteiger partial charge is 0.225 e. The van der Waals surface area contributed by atoms with Gasteiger partial charge in [-0.2, -0.15) is 0 Å². The van der Waals surface area contributed by atoms with Crippen LogP contribution in [-0.4, -0.2) is 19.3 Å². The van der Waals surface area contributed by atoms with Gasteiger partial charge >= 0.3 is 0 Å². The van der Waals surface area contributed by atoms with Gasteiger partial charge in [0.1, 0.15) is 4.90 Å². The van der Waals surface area contributed by atoms with Crippen molar-refractivity contribution in [1.29, 1.82) is 0 Å². The summed E-state index contributed by atoms with van der Waals surface area (Å²) in [4.78, 5) is 17.6. The highest BCUT2D eigenvalue weighted by Gasteiger charge is 2.34. The standard InChI is InChI=1S/C19H16N2O3S2/c1-12-4-6-14(7-5-12)26(23,24)16-11-25-19-15(9-17(22)21-18(16)19)13-3-2-8-20-10-13/h2-8,10-11,15H,9H2,1H3,(H,21,22)/t15-/m0/s1. The monoisotopic (exact) mass is 384 g/mol. The molecule has 4 rings (SSSR count). The Labute approximate surface area is 155 Å². The first-order chi connectivity index (χ1) is 12.5. The Kier molecular flexibility index (Phi) is 4.13. The highest BCUT2D eigenvalue weighted by atomic mass is 32.2. The summed E-state index contributed by atoms with van der Waals surface area (Å²) >= 11 is 1.36. The largest absolute Gasteiger partial charge is 0.324 e. The summed E-state index contributed by atoms with van der Waals surface area (Å²) in [6, 6.07) is 10.5. The minimum Gasteiger partial charge on any atom is -0.324 e. The number of hydrogen-bond acceptors (Lipinski definition) is 5. The molecule has 3 heterocycles. The second kappa shape index (κ2) is 6.34. The number of rotatable bonds is 3. The summed E-state index contributed by atoms with van der Waals surface area (Å²) in [5.74, 6) is -0.371. The van der Waals surface area contributed by atoms with Gasteiger partial charge in [-0.25, -0.2) is 8.42 Å². The van der Waals surface area contributed by atoms with Gasteiger partial charge in [0.05, 0.1) is 10.6 Å². The van der Waals surface area contributed by atoms with Crippen LogP contribution in [0.1, 0.15) is 28.3 Å². The summed E-state index contributed by atoms with van der Waals surface area (Å²) in [7, 11) is -3.70. The molecule has 0 unspecified atom stereocenters. The SMILES string of the molecule is Cc1ccc(S(=O)(=O)c2csc3c2NC(=O)C[C@H]3c2cccnc2)cc1. The number of amides is 1. The molecule has 0 radical (unpaired) electrons. The van der Waals surface area contributed by atoms with Gasteiger partial charge in [0, 0.05) is 35.0 Å². The molecule has 7 heteroatoms. The lowest BCUT2D eigenvalue weighted by atomic mass is 9.92. The summed E-state index contributed by atoms with van der Waals surface area (Å²) in [6.07, 6.45) is 3.68. The van der Waals surface area contributed by atoms with Crippen molar-refractivity contribution in [3.05, 3.63) is 70.2 Å². The molecule has 0 spiro atoms.